The number of rotatable bonds is 4. The molecule has 0 saturated heterocycles. The second kappa shape index (κ2) is 4.67. The van der Waals surface area contributed by atoms with Crippen molar-refractivity contribution in [3.05, 3.63) is 0 Å². The highest BCUT2D eigenvalue weighted by atomic mass is 16.4. The second-order valence-corrected chi connectivity index (χ2v) is 6.52. The van der Waals surface area contributed by atoms with Gasteiger partial charge in [0.05, 0.1) is 0 Å². The lowest BCUT2D eigenvalue weighted by molar-refractivity contribution is -0.151. The molecule has 1 aliphatic rings. The summed E-state index contributed by atoms with van der Waals surface area (Å²) in [5.41, 5.74) is -0.382. The number of carboxylic acid groups (broad SMARTS) is 1. The Morgan fingerprint density at radius 2 is 1.88 bits per heavy atom. The van der Waals surface area contributed by atoms with Gasteiger partial charge in [0.1, 0.15) is 5.92 Å². The fraction of sp³-hybridized carbons (Fsp3) is 0.846. The van der Waals surface area contributed by atoms with Crippen molar-refractivity contribution in [3.8, 4) is 0 Å². The first kappa shape index (κ1) is 14.0. The topological polar surface area (TPSA) is 66.4 Å². The van der Waals surface area contributed by atoms with Gasteiger partial charge in [-0.25, -0.2) is 0 Å². The molecule has 4 nitrogen and oxygen atoms in total. The van der Waals surface area contributed by atoms with Crippen molar-refractivity contribution in [3.63, 3.8) is 0 Å². The van der Waals surface area contributed by atoms with Gasteiger partial charge >= 0.3 is 5.97 Å². The molecule has 0 aromatic rings. The quantitative estimate of drug-likeness (QED) is 0.740. The van der Waals surface area contributed by atoms with E-state index < -0.39 is 17.3 Å². The number of carbonyl (C=O) groups excluding carboxylic acids is 1. The average Bonchev–Trinajstić information content (AvgIpc) is 2.08. The van der Waals surface area contributed by atoms with Crippen LogP contribution in [0.4, 0.5) is 0 Å². The van der Waals surface area contributed by atoms with E-state index in [0.717, 1.165) is 12.8 Å². The Hall–Kier alpha value is -1.06. The normalized spacial score (nSPS) is 20.2. The molecule has 1 atom stereocenters. The van der Waals surface area contributed by atoms with Crippen molar-refractivity contribution in [1.82, 2.24) is 5.32 Å². The van der Waals surface area contributed by atoms with Crippen LogP contribution in [-0.4, -0.2) is 23.5 Å². The van der Waals surface area contributed by atoms with E-state index in [1.807, 2.05) is 0 Å². The molecule has 17 heavy (non-hydrogen) atoms. The van der Waals surface area contributed by atoms with Crippen LogP contribution in [0.15, 0.2) is 0 Å². The highest BCUT2D eigenvalue weighted by molar-refractivity contribution is 5.97. The number of hydrogen-bond donors (Lipinski definition) is 2. The van der Waals surface area contributed by atoms with Crippen LogP contribution < -0.4 is 5.32 Å². The van der Waals surface area contributed by atoms with E-state index in [4.69, 9.17) is 5.11 Å². The minimum Gasteiger partial charge on any atom is -0.481 e. The molecule has 0 spiro atoms. The van der Waals surface area contributed by atoms with Crippen molar-refractivity contribution >= 4 is 11.9 Å². The minimum absolute atomic E-state index is 0.177. The van der Waals surface area contributed by atoms with Crippen LogP contribution in [0.1, 0.15) is 47.0 Å². The molecule has 2 N–H and O–H groups in total. The van der Waals surface area contributed by atoms with E-state index in [1.165, 1.54) is 6.42 Å². The Kier molecular flexibility index (Phi) is 3.84. The summed E-state index contributed by atoms with van der Waals surface area (Å²) in [5, 5.41) is 11.9. The lowest BCUT2D eigenvalue weighted by Crippen LogP contribution is -2.47. The van der Waals surface area contributed by atoms with E-state index >= 15 is 0 Å². The van der Waals surface area contributed by atoms with Crippen molar-refractivity contribution in [2.75, 3.05) is 6.54 Å². The lowest BCUT2D eigenvalue weighted by atomic mass is 9.70. The monoisotopic (exact) mass is 241 g/mol. The molecule has 1 amide bonds. The molecule has 0 bridgehead atoms. The number of amides is 1. The van der Waals surface area contributed by atoms with Gasteiger partial charge in [0.25, 0.3) is 0 Å². The Morgan fingerprint density at radius 1 is 1.35 bits per heavy atom. The first-order valence-corrected chi connectivity index (χ1v) is 6.16. The zero-order chi connectivity index (χ0) is 13.3. The highest BCUT2D eigenvalue weighted by Gasteiger charge is 2.39. The summed E-state index contributed by atoms with van der Waals surface area (Å²) in [6.07, 6.45) is 3.43. The van der Waals surface area contributed by atoms with E-state index in [1.54, 1.807) is 20.8 Å². The molecule has 0 aromatic carbocycles. The molecule has 1 fully saturated rings. The van der Waals surface area contributed by atoms with Crippen LogP contribution in [0, 0.1) is 16.7 Å². The van der Waals surface area contributed by atoms with Gasteiger partial charge in [-0.15, -0.1) is 0 Å². The van der Waals surface area contributed by atoms with Crippen molar-refractivity contribution in [1.29, 1.82) is 0 Å². The number of carbonyl (C=O) groups is 2. The fourth-order valence-corrected chi connectivity index (χ4v) is 2.24. The highest BCUT2D eigenvalue weighted by Crippen LogP contribution is 2.39. The predicted molar refractivity (Wildman–Crippen MR) is 65.5 cm³/mol. The standard InChI is InChI=1S/C13H23NO3/c1-12(2,3)9(11(16)17)10(15)14-8-13(4)6-5-7-13/h9H,5-8H2,1-4H3,(H,14,15)(H,16,17). The molecule has 98 valence electrons. The van der Waals surface area contributed by atoms with Crippen molar-refractivity contribution < 1.29 is 14.7 Å². The Morgan fingerprint density at radius 3 is 2.18 bits per heavy atom. The summed E-state index contributed by atoms with van der Waals surface area (Å²) >= 11 is 0. The van der Waals surface area contributed by atoms with Gasteiger partial charge in [0, 0.05) is 6.54 Å². The van der Waals surface area contributed by atoms with E-state index in [2.05, 4.69) is 12.2 Å². The zero-order valence-electron chi connectivity index (χ0n) is 11.2. The van der Waals surface area contributed by atoms with Crippen LogP contribution in [0.25, 0.3) is 0 Å². The minimum atomic E-state index is -1.05. The molecule has 1 saturated carbocycles. The number of aliphatic carboxylic acids is 1. The van der Waals surface area contributed by atoms with Gasteiger partial charge < -0.3 is 10.4 Å². The summed E-state index contributed by atoms with van der Waals surface area (Å²) in [7, 11) is 0. The van der Waals surface area contributed by atoms with Gasteiger partial charge in [-0.1, -0.05) is 34.1 Å². The molecule has 1 aliphatic carbocycles. The van der Waals surface area contributed by atoms with Gasteiger partial charge in [-0.05, 0) is 23.7 Å². The Bertz CT molecular complexity index is 313. The Labute approximate surface area is 103 Å². The number of carboxylic acids is 1. The summed E-state index contributed by atoms with van der Waals surface area (Å²) in [4.78, 5) is 23.1. The molecule has 0 heterocycles. The van der Waals surface area contributed by atoms with Gasteiger partial charge in [0.2, 0.25) is 5.91 Å². The summed E-state index contributed by atoms with van der Waals surface area (Å²) < 4.78 is 0. The fourth-order valence-electron chi connectivity index (χ4n) is 2.24. The van der Waals surface area contributed by atoms with Crippen LogP contribution in [0.3, 0.4) is 0 Å². The SMILES string of the molecule is CC1(CNC(=O)C(C(=O)O)C(C)(C)C)CCC1. The lowest BCUT2D eigenvalue weighted by Gasteiger charge is -2.39. The maximum atomic E-state index is 11.9. The average molecular weight is 241 g/mol. The third-order valence-corrected chi connectivity index (χ3v) is 3.63. The maximum absolute atomic E-state index is 11.9. The smallest absolute Gasteiger partial charge is 0.316 e. The third kappa shape index (κ3) is 3.45. The summed E-state index contributed by atoms with van der Waals surface area (Å²) in [5.74, 6) is -2.39. The van der Waals surface area contributed by atoms with E-state index in [-0.39, 0.29) is 11.3 Å². The van der Waals surface area contributed by atoms with Gasteiger partial charge in [-0.2, -0.15) is 0 Å². The molecule has 0 aromatic heterocycles. The first-order valence-electron chi connectivity index (χ1n) is 6.16. The summed E-state index contributed by atoms with van der Waals surface area (Å²) in [6, 6.07) is 0. The van der Waals surface area contributed by atoms with Crippen molar-refractivity contribution in [2.45, 2.75) is 47.0 Å². The molecular weight excluding hydrogens is 218 g/mol. The third-order valence-electron chi connectivity index (χ3n) is 3.63. The molecule has 1 unspecified atom stereocenters. The van der Waals surface area contributed by atoms with Gasteiger partial charge in [-0.3, -0.25) is 9.59 Å². The van der Waals surface area contributed by atoms with Crippen LogP contribution >= 0.6 is 0 Å². The van der Waals surface area contributed by atoms with Gasteiger partial charge in [0.15, 0.2) is 0 Å². The zero-order valence-corrected chi connectivity index (χ0v) is 11.2. The molecule has 0 radical (unpaired) electrons. The second-order valence-electron chi connectivity index (χ2n) is 6.52. The van der Waals surface area contributed by atoms with Crippen LogP contribution in [0.5, 0.6) is 0 Å². The summed E-state index contributed by atoms with van der Waals surface area (Å²) in [6.45, 7) is 8.04. The molecule has 0 aliphatic heterocycles. The number of hydrogen-bond acceptors (Lipinski definition) is 2. The van der Waals surface area contributed by atoms with E-state index in [0.29, 0.717) is 6.54 Å². The van der Waals surface area contributed by atoms with Crippen LogP contribution in [-0.2, 0) is 9.59 Å². The van der Waals surface area contributed by atoms with Crippen LogP contribution in [0.2, 0.25) is 0 Å². The Balaban J connectivity index is 2.57. The largest absolute Gasteiger partial charge is 0.481 e. The molecular formula is C13H23NO3. The predicted octanol–water partition coefficient (Wildman–Crippen LogP) is 2.04. The first-order chi connectivity index (χ1) is 7.66. The molecule has 1 rings (SSSR count). The molecule has 4 heteroatoms. The van der Waals surface area contributed by atoms with E-state index in [9.17, 15) is 9.59 Å². The van der Waals surface area contributed by atoms with Crippen molar-refractivity contribution in [2.24, 2.45) is 16.7 Å². The number of nitrogens with one attached hydrogen (secondary N) is 1. The maximum Gasteiger partial charge on any atom is 0.316 e.